The number of carbonyl (C=O) groups excluding carboxylic acids is 1. The van der Waals surface area contributed by atoms with Gasteiger partial charge in [0.05, 0.1) is 39.0 Å². The molecule has 0 N–H and O–H groups in total. The molecular weight excluding hydrogens is 406 g/mol. The van der Waals surface area contributed by atoms with E-state index in [4.69, 9.17) is 18.3 Å². The number of furan rings is 2. The molecule has 0 aliphatic rings. The highest BCUT2D eigenvalue weighted by atomic mass is 32.2. The molecular formula is C21H19N3O5S. The minimum atomic E-state index is -0.435. The fourth-order valence-corrected chi connectivity index (χ4v) is 3.81. The van der Waals surface area contributed by atoms with Crippen molar-refractivity contribution in [3.63, 3.8) is 0 Å². The van der Waals surface area contributed by atoms with E-state index in [9.17, 15) is 4.79 Å². The molecule has 1 aromatic carbocycles. The molecule has 4 aromatic rings. The molecule has 9 heteroatoms. The Bertz CT molecular complexity index is 1120. The first-order valence-corrected chi connectivity index (χ1v) is 10.1. The number of aromatic nitrogens is 3. The largest absolute Gasteiger partial charge is 0.497 e. The summed E-state index contributed by atoms with van der Waals surface area (Å²) in [4.78, 5) is 11.9. The van der Waals surface area contributed by atoms with Crippen molar-refractivity contribution in [2.75, 3.05) is 14.2 Å². The zero-order valence-electron chi connectivity index (χ0n) is 16.4. The topological polar surface area (TPSA) is 92.5 Å². The van der Waals surface area contributed by atoms with Crippen molar-refractivity contribution in [1.82, 2.24) is 14.8 Å². The molecule has 0 amide bonds. The molecule has 0 unspecified atom stereocenters. The smallest absolute Gasteiger partial charge is 0.341 e. The van der Waals surface area contributed by atoms with Crippen LogP contribution in [0.25, 0.3) is 11.4 Å². The Kier molecular flexibility index (Phi) is 5.89. The molecule has 0 spiro atoms. The maximum Gasteiger partial charge on any atom is 0.341 e. The van der Waals surface area contributed by atoms with Gasteiger partial charge in [-0.15, -0.1) is 10.2 Å². The van der Waals surface area contributed by atoms with Crippen LogP contribution in [0.4, 0.5) is 0 Å². The number of ether oxygens (including phenoxy) is 2. The molecule has 8 nitrogen and oxygen atoms in total. The number of thioether (sulfide) groups is 1. The van der Waals surface area contributed by atoms with E-state index in [1.165, 1.54) is 25.1 Å². The minimum Gasteiger partial charge on any atom is -0.497 e. The number of hydrogen-bond donors (Lipinski definition) is 0. The first kappa shape index (κ1) is 19.8. The van der Waals surface area contributed by atoms with Crippen LogP contribution in [0.2, 0.25) is 0 Å². The molecule has 3 heterocycles. The number of carbonyl (C=O) groups is 1. The lowest BCUT2D eigenvalue weighted by Crippen LogP contribution is -2.04. The molecule has 154 valence electrons. The second kappa shape index (κ2) is 8.91. The van der Waals surface area contributed by atoms with Gasteiger partial charge in [0.25, 0.3) is 0 Å². The Morgan fingerprint density at radius 1 is 1.07 bits per heavy atom. The average molecular weight is 425 g/mol. The Balaban J connectivity index is 1.63. The molecule has 4 rings (SSSR count). The quantitative estimate of drug-likeness (QED) is 0.305. The molecule has 0 atom stereocenters. The van der Waals surface area contributed by atoms with E-state index in [-0.39, 0.29) is 0 Å². The lowest BCUT2D eigenvalue weighted by Gasteiger charge is -2.09. The number of methoxy groups -OCH3 is 2. The van der Waals surface area contributed by atoms with Crippen LogP contribution in [-0.4, -0.2) is 35.0 Å². The molecule has 0 bridgehead atoms. The third-order valence-electron chi connectivity index (χ3n) is 4.44. The van der Waals surface area contributed by atoms with Gasteiger partial charge < -0.3 is 18.3 Å². The van der Waals surface area contributed by atoms with Crippen LogP contribution in [0.3, 0.4) is 0 Å². The summed E-state index contributed by atoms with van der Waals surface area (Å²) in [6.45, 7) is 0.464. The second-order valence-electron chi connectivity index (χ2n) is 6.24. The van der Waals surface area contributed by atoms with E-state index in [0.717, 1.165) is 17.1 Å². The number of rotatable bonds is 8. The first-order chi connectivity index (χ1) is 14.7. The average Bonchev–Trinajstić information content (AvgIpc) is 3.54. The van der Waals surface area contributed by atoms with Crippen molar-refractivity contribution in [3.8, 4) is 17.1 Å². The van der Waals surface area contributed by atoms with Gasteiger partial charge in [0.1, 0.15) is 22.8 Å². The molecule has 3 aromatic heterocycles. The number of benzene rings is 1. The van der Waals surface area contributed by atoms with Crippen molar-refractivity contribution in [2.45, 2.75) is 17.5 Å². The maximum absolute atomic E-state index is 11.9. The van der Waals surface area contributed by atoms with Gasteiger partial charge in [0.15, 0.2) is 11.0 Å². The summed E-state index contributed by atoms with van der Waals surface area (Å²) in [7, 11) is 2.97. The Hall–Kier alpha value is -3.46. The number of nitrogens with zero attached hydrogens (tertiary/aromatic N) is 3. The lowest BCUT2D eigenvalue weighted by molar-refractivity contribution is 0.0598. The summed E-state index contributed by atoms with van der Waals surface area (Å²) in [5.41, 5.74) is 1.30. The molecule has 0 saturated carbocycles. The number of hydrogen-bond acceptors (Lipinski definition) is 8. The van der Waals surface area contributed by atoms with Gasteiger partial charge in [0, 0.05) is 5.56 Å². The normalized spacial score (nSPS) is 10.9. The van der Waals surface area contributed by atoms with Crippen LogP contribution in [-0.2, 0) is 17.0 Å². The predicted molar refractivity (Wildman–Crippen MR) is 109 cm³/mol. The molecule has 0 saturated heterocycles. The second-order valence-corrected chi connectivity index (χ2v) is 7.18. The van der Waals surface area contributed by atoms with Crippen molar-refractivity contribution in [2.24, 2.45) is 0 Å². The van der Waals surface area contributed by atoms with Crippen molar-refractivity contribution >= 4 is 17.7 Å². The van der Waals surface area contributed by atoms with E-state index in [0.29, 0.717) is 34.6 Å². The molecule has 0 fully saturated rings. The molecule has 0 radical (unpaired) electrons. The van der Waals surface area contributed by atoms with Crippen LogP contribution < -0.4 is 4.74 Å². The monoisotopic (exact) mass is 425 g/mol. The zero-order chi connectivity index (χ0) is 20.9. The summed E-state index contributed by atoms with van der Waals surface area (Å²) in [5.74, 6) is 2.72. The van der Waals surface area contributed by atoms with E-state index >= 15 is 0 Å². The van der Waals surface area contributed by atoms with Crippen LogP contribution in [0, 0.1) is 0 Å². The fourth-order valence-electron chi connectivity index (χ4n) is 2.92. The van der Waals surface area contributed by atoms with Crippen LogP contribution >= 0.6 is 11.8 Å². The van der Waals surface area contributed by atoms with Crippen LogP contribution in [0.1, 0.15) is 21.9 Å². The summed E-state index contributed by atoms with van der Waals surface area (Å²) in [6.07, 6.45) is 3.10. The summed E-state index contributed by atoms with van der Waals surface area (Å²) in [5, 5.41) is 9.41. The van der Waals surface area contributed by atoms with Crippen LogP contribution in [0.5, 0.6) is 5.75 Å². The van der Waals surface area contributed by atoms with Gasteiger partial charge in [-0.2, -0.15) is 0 Å². The molecule has 0 aliphatic heterocycles. The van der Waals surface area contributed by atoms with Gasteiger partial charge in [-0.3, -0.25) is 4.57 Å². The zero-order valence-corrected chi connectivity index (χ0v) is 17.2. The van der Waals surface area contributed by atoms with E-state index in [1.807, 2.05) is 41.0 Å². The van der Waals surface area contributed by atoms with Gasteiger partial charge in [-0.05, 0) is 42.5 Å². The van der Waals surface area contributed by atoms with Gasteiger partial charge >= 0.3 is 5.97 Å². The highest BCUT2D eigenvalue weighted by Crippen LogP contribution is 2.29. The highest BCUT2D eigenvalue weighted by Gasteiger charge is 2.19. The Morgan fingerprint density at radius 3 is 2.60 bits per heavy atom. The molecule has 0 aliphatic carbocycles. The third kappa shape index (κ3) is 4.11. The fraction of sp³-hybridized carbons (Fsp3) is 0.190. The van der Waals surface area contributed by atoms with Gasteiger partial charge in [-0.25, -0.2) is 4.79 Å². The predicted octanol–water partition coefficient (Wildman–Crippen LogP) is 4.27. The van der Waals surface area contributed by atoms with Crippen molar-refractivity contribution < 1.29 is 23.1 Å². The highest BCUT2D eigenvalue weighted by molar-refractivity contribution is 7.98. The SMILES string of the molecule is COC(=O)c1ccoc1CSc1nnc(-c2ccc(OC)cc2)n1Cc1ccco1. The first-order valence-electron chi connectivity index (χ1n) is 9.07. The lowest BCUT2D eigenvalue weighted by atomic mass is 10.2. The summed E-state index contributed by atoms with van der Waals surface area (Å²) < 4.78 is 23.0. The maximum atomic E-state index is 11.9. The van der Waals surface area contributed by atoms with Crippen molar-refractivity contribution in [1.29, 1.82) is 0 Å². The van der Waals surface area contributed by atoms with Crippen LogP contribution in [0.15, 0.2) is 69.0 Å². The molecule has 30 heavy (non-hydrogen) atoms. The van der Waals surface area contributed by atoms with Gasteiger partial charge in [0.2, 0.25) is 0 Å². The standard InChI is InChI=1S/C21H19N3O5S/c1-26-15-7-5-14(6-8-15)19-22-23-21(24(19)12-16-4-3-10-28-16)30-13-18-17(9-11-29-18)20(25)27-2/h3-11H,12-13H2,1-2H3. The summed E-state index contributed by atoms with van der Waals surface area (Å²) in [6, 6.07) is 12.9. The number of esters is 1. The third-order valence-corrected chi connectivity index (χ3v) is 5.41. The van der Waals surface area contributed by atoms with Crippen molar-refractivity contribution in [3.05, 3.63) is 72.1 Å². The van der Waals surface area contributed by atoms with E-state index in [1.54, 1.807) is 19.4 Å². The Morgan fingerprint density at radius 2 is 1.90 bits per heavy atom. The summed E-state index contributed by atoms with van der Waals surface area (Å²) >= 11 is 1.41. The minimum absolute atomic E-state index is 0.399. The van der Waals surface area contributed by atoms with Gasteiger partial charge in [-0.1, -0.05) is 11.8 Å². The Labute approximate surface area is 176 Å². The van der Waals surface area contributed by atoms with E-state index < -0.39 is 5.97 Å². The van der Waals surface area contributed by atoms with E-state index in [2.05, 4.69) is 10.2 Å².